The summed E-state index contributed by atoms with van der Waals surface area (Å²) in [7, 11) is 1.73. The topological polar surface area (TPSA) is 45.9 Å². The molecule has 3 aromatic carbocycles. The van der Waals surface area contributed by atoms with Crippen molar-refractivity contribution >= 4 is 48.4 Å². The zero-order valence-electron chi connectivity index (χ0n) is 19.1. The van der Waals surface area contributed by atoms with Crippen molar-refractivity contribution in [3.8, 4) is 11.1 Å². The van der Waals surface area contributed by atoms with Gasteiger partial charge in [0.15, 0.2) is 11.3 Å². The fourth-order valence-corrected chi connectivity index (χ4v) is 6.13. The van der Waals surface area contributed by atoms with Gasteiger partial charge in [0.25, 0.3) is 0 Å². The molecule has 1 saturated heterocycles. The van der Waals surface area contributed by atoms with Gasteiger partial charge in [-0.1, -0.05) is 48.5 Å². The van der Waals surface area contributed by atoms with E-state index in [1.807, 2.05) is 12.1 Å². The molecule has 0 atom stereocenters. The summed E-state index contributed by atoms with van der Waals surface area (Å²) in [5, 5.41) is 3.12. The number of nitrogens with zero attached hydrogens (tertiary/aromatic N) is 2. The molecule has 1 fully saturated rings. The van der Waals surface area contributed by atoms with E-state index >= 15 is 0 Å². The Morgan fingerprint density at radius 2 is 1.62 bits per heavy atom. The van der Waals surface area contributed by atoms with Gasteiger partial charge in [0, 0.05) is 77.2 Å². The maximum Gasteiger partial charge on any atom is 0.200 e. The number of thiophene rings is 1. The van der Waals surface area contributed by atoms with E-state index in [4.69, 9.17) is 9.15 Å². The predicted molar refractivity (Wildman–Crippen MR) is 141 cm³/mol. The minimum absolute atomic E-state index is 0.00317. The lowest BCUT2D eigenvalue weighted by atomic mass is 10.0. The molecular weight excluding hydrogens is 444 g/mol. The van der Waals surface area contributed by atoms with Gasteiger partial charge in [0.2, 0.25) is 0 Å². The van der Waals surface area contributed by atoms with Crippen LogP contribution in [-0.2, 0) is 4.74 Å². The van der Waals surface area contributed by atoms with Crippen molar-refractivity contribution in [1.29, 1.82) is 0 Å². The Bertz CT molecular complexity index is 1550. The fourth-order valence-electron chi connectivity index (χ4n) is 4.90. The molecule has 6 rings (SSSR count). The van der Waals surface area contributed by atoms with Crippen LogP contribution in [0.5, 0.6) is 0 Å². The van der Waals surface area contributed by atoms with Gasteiger partial charge in [0.1, 0.15) is 5.58 Å². The summed E-state index contributed by atoms with van der Waals surface area (Å²) in [4.78, 5) is 17.7. The van der Waals surface area contributed by atoms with Crippen LogP contribution >= 0.6 is 11.3 Å². The van der Waals surface area contributed by atoms with Crippen molar-refractivity contribution in [1.82, 2.24) is 4.90 Å². The van der Waals surface area contributed by atoms with E-state index in [-0.39, 0.29) is 5.43 Å². The predicted octanol–water partition coefficient (Wildman–Crippen LogP) is 5.60. The average Bonchev–Trinajstić information content (AvgIpc) is 3.26. The summed E-state index contributed by atoms with van der Waals surface area (Å²) in [6.07, 6.45) is 0. The number of para-hydroxylation sites is 1. The van der Waals surface area contributed by atoms with Crippen molar-refractivity contribution in [3.05, 3.63) is 77.0 Å². The van der Waals surface area contributed by atoms with Gasteiger partial charge in [-0.05, 0) is 12.1 Å². The van der Waals surface area contributed by atoms with Crippen molar-refractivity contribution in [3.63, 3.8) is 0 Å². The molecule has 2 aromatic heterocycles. The normalized spacial score (nSPS) is 15.0. The number of methoxy groups -OCH3 is 1. The van der Waals surface area contributed by atoms with Crippen LogP contribution in [0, 0.1) is 0 Å². The molecule has 0 bridgehead atoms. The van der Waals surface area contributed by atoms with Gasteiger partial charge in [0.05, 0.1) is 12.0 Å². The first-order valence-corrected chi connectivity index (χ1v) is 12.5. The van der Waals surface area contributed by atoms with Gasteiger partial charge in [-0.25, -0.2) is 0 Å². The SMILES string of the molecule is COCCN1CCN(c2cc(=O)c3cccc(-c4cccc5c4sc4ccccc45)c3o2)CC1. The monoisotopic (exact) mass is 470 g/mol. The zero-order chi connectivity index (χ0) is 23.1. The third kappa shape index (κ3) is 3.68. The number of ether oxygens (including phenoxy) is 1. The van der Waals surface area contributed by atoms with Crippen molar-refractivity contribution in [2.24, 2.45) is 0 Å². The molecule has 5 nitrogen and oxygen atoms in total. The van der Waals surface area contributed by atoms with E-state index in [1.165, 1.54) is 20.2 Å². The summed E-state index contributed by atoms with van der Waals surface area (Å²) in [5.74, 6) is 0.653. The summed E-state index contributed by atoms with van der Waals surface area (Å²) in [5.41, 5.74) is 2.74. The van der Waals surface area contributed by atoms with Crippen LogP contribution in [0.3, 0.4) is 0 Å². The summed E-state index contributed by atoms with van der Waals surface area (Å²) in [6.45, 7) is 5.16. The van der Waals surface area contributed by atoms with Gasteiger partial charge >= 0.3 is 0 Å². The second kappa shape index (κ2) is 8.87. The molecule has 0 aliphatic carbocycles. The molecule has 0 spiro atoms. The first-order valence-electron chi connectivity index (χ1n) is 11.7. The highest BCUT2D eigenvalue weighted by molar-refractivity contribution is 7.26. The van der Waals surface area contributed by atoms with Gasteiger partial charge in [-0.2, -0.15) is 0 Å². The van der Waals surface area contributed by atoms with E-state index in [0.717, 1.165) is 50.5 Å². The number of anilines is 1. The number of hydrogen-bond acceptors (Lipinski definition) is 6. The molecule has 0 radical (unpaired) electrons. The Hall–Kier alpha value is -3.19. The first kappa shape index (κ1) is 21.4. The smallest absolute Gasteiger partial charge is 0.200 e. The molecule has 6 heteroatoms. The second-order valence-electron chi connectivity index (χ2n) is 8.73. The lowest BCUT2D eigenvalue weighted by Gasteiger charge is -2.34. The van der Waals surface area contributed by atoms with E-state index in [0.29, 0.717) is 16.9 Å². The third-order valence-corrected chi connectivity index (χ3v) is 7.95. The Balaban J connectivity index is 1.45. The Labute approximate surface area is 201 Å². The van der Waals surface area contributed by atoms with E-state index in [2.05, 4.69) is 58.3 Å². The molecule has 3 heterocycles. The number of benzene rings is 3. The molecule has 172 valence electrons. The first-order chi connectivity index (χ1) is 16.7. The van der Waals surface area contributed by atoms with E-state index in [1.54, 1.807) is 24.5 Å². The summed E-state index contributed by atoms with van der Waals surface area (Å²) < 4.78 is 14.2. The molecule has 0 amide bonds. The van der Waals surface area contributed by atoms with Gasteiger partial charge in [-0.15, -0.1) is 11.3 Å². The molecule has 5 aromatic rings. The maximum absolute atomic E-state index is 13.1. The van der Waals surface area contributed by atoms with Crippen LogP contribution < -0.4 is 10.3 Å². The molecule has 0 unspecified atom stereocenters. The Morgan fingerprint density at radius 3 is 2.44 bits per heavy atom. The van der Waals surface area contributed by atoms with Crippen LogP contribution in [0.15, 0.2) is 75.9 Å². The van der Waals surface area contributed by atoms with Crippen molar-refractivity contribution in [2.75, 3.05) is 51.3 Å². The lowest BCUT2D eigenvalue weighted by molar-refractivity contribution is 0.143. The van der Waals surface area contributed by atoms with Crippen molar-refractivity contribution in [2.45, 2.75) is 0 Å². The van der Waals surface area contributed by atoms with Gasteiger partial charge in [-0.3, -0.25) is 9.69 Å². The quantitative estimate of drug-likeness (QED) is 0.335. The highest BCUT2D eigenvalue weighted by atomic mass is 32.1. The van der Waals surface area contributed by atoms with Crippen molar-refractivity contribution < 1.29 is 9.15 Å². The minimum Gasteiger partial charge on any atom is -0.440 e. The minimum atomic E-state index is 0.00317. The number of rotatable bonds is 5. The maximum atomic E-state index is 13.1. The Kier molecular flexibility index (Phi) is 5.57. The average molecular weight is 471 g/mol. The molecule has 0 saturated carbocycles. The van der Waals surface area contributed by atoms with Gasteiger partial charge < -0.3 is 14.1 Å². The lowest BCUT2D eigenvalue weighted by Crippen LogP contribution is -2.47. The van der Waals surface area contributed by atoms with Crippen LogP contribution in [0.4, 0.5) is 5.88 Å². The summed E-state index contributed by atoms with van der Waals surface area (Å²) >= 11 is 1.79. The van der Waals surface area contributed by atoms with Crippen LogP contribution in [0.1, 0.15) is 0 Å². The molecular formula is C28H26N2O3S. The van der Waals surface area contributed by atoms with Crippen LogP contribution in [0.25, 0.3) is 42.3 Å². The molecule has 1 aliphatic heterocycles. The number of fused-ring (bicyclic) bond motifs is 4. The number of hydrogen-bond donors (Lipinski definition) is 0. The summed E-state index contributed by atoms with van der Waals surface area (Å²) in [6, 6.07) is 22.4. The number of piperazine rings is 1. The van der Waals surface area contributed by atoms with Crippen LogP contribution in [-0.4, -0.2) is 51.3 Å². The second-order valence-corrected chi connectivity index (χ2v) is 9.79. The zero-order valence-corrected chi connectivity index (χ0v) is 19.9. The molecule has 34 heavy (non-hydrogen) atoms. The van der Waals surface area contributed by atoms with Crippen LogP contribution in [0.2, 0.25) is 0 Å². The fraction of sp³-hybridized carbons (Fsp3) is 0.250. The van der Waals surface area contributed by atoms with E-state index < -0.39 is 0 Å². The highest BCUT2D eigenvalue weighted by Crippen LogP contribution is 2.41. The highest BCUT2D eigenvalue weighted by Gasteiger charge is 2.21. The largest absolute Gasteiger partial charge is 0.440 e. The molecule has 1 aliphatic rings. The third-order valence-electron chi connectivity index (χ3n) is 6.73. The van der Waals surface area contributed by atoms with E-state index in [9.17, 15) is 4.79 Å². The standard InChI is InChI=1S/C28H26N2O3S/c1-32-17-16-29-12-14-30(15-13-29)26-18-24(31)23-10-4-7-20(27(23)33-26)22-9-5-8-21-19-6-2-3-11-25(19)34-28(21)22/h2-11,18H,12-17H2,1H3. The molecule has 0 N–H and O–H groups in total. The Morgan fingerprint density at radius 1 is 0.882 bits per heavy atom.